The van der Waals surface area contributed by atoms with Gasteiger partial charge in [-0.05, 0) is 43.4 Å². The highest BCUT2D eigenvalue weighted by atomic mass is 16.5. The van der Waals surface area contributed by atoms with Crippen LogP contribution in [-0.2, 0) is 4.74 Å². The van der Waals surface area contributed by atoms with Gasteiger partial charge in [-0.1, -0.05) is 13.3 Å². The maximum atomic E-state index is 12.0. The lowest BCUT2D eigenvalue weighted by Gasteiger charge is -2.28. The number of nitrogens with two attached hydrogens (primary N) is 1. The van der Waals surface area contributed by atoms with Crippen LogP contribution in [0.25, 0.3) is 0 Å². The molecule has 1 aromatic carbocycles. The lowest BCUT2D eigenvalue weighted by molar-refractivity contribution is 0.00482. The van der Waals surface area contributed by atoms with E-state index in [2.05, 4.69) is 6.92 Å². The van der Waals surface area contributed by atoms with Gasteiger partial charge in [0.25, 0.3) is 0 Å². The molecule has 4 nitrogen and oxygen atoms in total. The molecule has 0 aromatic heterocycles. The molecule has 2 unspecified atom stereocenters. The highest BCUT2D eigenvalue weighted by Crippen LogP contribution is 2.28. The molecular formula is C14H19NO3. The van der Waals surface area contributed by atoms with Gasteiger partial charge in [-0.25, -0.2) is 4.79 Å². The fourth-order valence-electron chi connectivity index (χ4n) is 2.34. The van der Waals surface area contributed by atoms with E-state index in [-0.39, 0.29) is 23.5 Å². The summed E-state index contributed by atoms with van der Waals surface area (Å²) in [5, 5.41) is 9.31. The van der Waals surface area contributed by atoms with Gasteiger partial charge in [0.05, 0.1) is 11.3 Å². The predicted molar refractivity (Wildman–Crippen MR) is 69.4 cm³/mol. The molecule has 0 heterocycles. The number of anilines is 1. The van der Waals surface area contributed by atoms with Crippen molar-refractivity contribution < 1.29 is 14.6 Å². The van der Waals surface area contributed by atoms with Crippen molar-refractivity contribution in [3.63, 3.8) is 0 Å². The van der Waals surface area contributed by atoms with Gasteiger partial charge in [-0.3, -0.25) is 0 Å². The molecule has 0 saturated heterocycles. The van der Waals surface area contributed by atoms with Crippen LogP contribution in [-0.4, -0.2) is 17.2 Å². The van der Waals surface area contributed by atoms with Crippen molar-refractivity contribution in [1.29, 1.82) is 0 Å². The van der Waals surface area contributed by atoms with E-state index < -0.39 is 0 Å². The first-order valence-electron chi connectivity index (χ1n) is 6.37. The molecule has 98 valence electrons. The molecule has 1 saturated carbocycles. The Morgan fingerprint density at radius 2 is 2.11 bits per heavy atom. The molecule has 0 radical (unpaired) electrons. The zero-order chi connectivity index (χ0) is 13.1. The summed E-state index contributed by atoms with van der Waals surface area (Å²) in [6.45, 7) is 2.11. The van der Waals surface area contributed by atoms with E-state index in [0.29, 0.717) is 11.5 Å². The van der Waals surface area contributed by atoms with Crippen molar-refractivity contribution >= 4 is 11.7 Å². The minimum Gasteiger partial charge on any atom is -0.506 e. The molecule has 2 rings (SSSR count). The van der Waals surface area contributed by atoms with Crippen LogP contribution in [0.2, 0.25) is 0 Å². The zero-order valence-corrected chi connectivity index (χ0v) is 10.6. The Balaban J connectivity index is 2.04. The van der Waals surface area contributed by atoms with Crippen molar-refractivity contribution in [3.8, 4) is 5.75 Å². The van der Waals surface area contributed by atoms with Gasteiger partial charge in [0.15, 0.2) is 0 Å². The van der Waals surface area contributed by atoms with Crippen molar-refractivity contribution in [2.75, 3.05) is 5.73 Å². The Kier molecular flexibility index (Phi) is 3.75. The number of aromatic hydroxyl groups is 1. The van der Waals surface area contributed by atoms with E-state index in [4.69, 9.17) is 10.5 Å². The molecule has 1 fully saturated rings. The number of carbonyl (C=O) groups is 1. The summed E-state index contributed by atoms with van der Waals surface area (Å²) < 4.78 is 5.51. The van der Waals surface area contributed by atoms with Gasteiger partial charge >= 0.3 is 5.97 Å². The Labute approximate surface area is 107 Å². The Bertz CT molecular complexity index is 445. The number of rotatable bonds is 2. The van der Waals surface area contributed by atoms with Crippen molar-refractivity contribution in [2.24, 2.45) is 5.92 Å². The van der Waals surface area contributed by atoms with Crippen LogP contribution in [0.3, 0.4) is 0 Å². The monoisotopic (exact) mass is 249 g/mol. The third-order valence-electron chi connectivity index (χ3n) is 3.55. The predicted octanol–water partition coefficient (Wildman–Crippen LogP) is 2.71. The van der Waals surface area contributed by atoms with Gasteiger partial charge in [-0.15, -0.1) is 0 Å². The quantitative estimate of drug-likeness (QED) is 0.480. The van der Waals surface area contributed by atoms with Crippen LogP contribution in [0.4, 0.5) is 5.69 Å². The maximum Gasteiger partial charge on any atom is 0.338 e. The first kappa shape index (κ1) is 12.7. The van der Waals surface area contributed by atoms with Crippen LogP contribution in [0.5, 0.6) is 5.75 Å². The molecule has 1 aliphatic carbocycles. The summed E-state index contributed by atoms with van der Waals surface area (Å²) in [5.74, 6) is 0.0372. The van der Waals surface area contributed by atoms with Crippen LogP contribution in [0, 0.1) is 5.92 Å². The molecule has 0 bridgehead atoms. The molecular weight excluding hydrogens is 230 g/mol. The summed E-state index contributed by atoms with van der Waals surface area (Å²) in [6, 6.07) is 4.39. The molecule has 0 amide bonds. The third kappa shape index (κ3) is 2.75. The lowest BCUT2D eigenvalue weighted by Crippen LogP contribution is -2.28. The Morgan fingerprint density at radius 1 is 1.39 bits per heavy atom. The van der Waals surface area contributed by atoms with Crippen LogP contribution in [0.1, 0.15) is 43.0 Å². The topological polar surface area (TPSA) is 72.5 Å². The fourth-order valence-corrected chi connectivity index (χ4v) is 2.34. The Morgan fingerprint density at radius 3 is 2.78 bits per heavy atom. The molecule has 3 N–H and O–H groups in total. The second kappa shape index (κ2) is 5.29. The fraction of sp³-hybridized carbons (Fsp3) is 0.500. The number of ether oxygens (including phenoxy) is 1. The van der Waals surface area contributed by atoms with Gasteiger partial charge in [0.2, 0.25) is 0 Å². The number of benzene rings is 1. The Hall–Kier alpha value is -1.71. The van der Waals surface area contributed by atoms with E-state index in [1.165, 1.54) is 24.6 Å². The summed E-state index contributed by atoms with van der Waals surface area (Å²) >= 11 is 0. The average Bonchev–Trinajstić information content (AvgIpc) is 2.35. The number of carbonyl (C=O) groups excluding carboxylic acids is 1. The minimum absolute atomic E-state index is 0.00118. The first-order valence-corrected chi connectivity index (χ1v) is 6.37. The smallest absolute Gasteiger partial charge is 0.338 e. The van der Waals surface area contributed by atoms with Gasteiger partial charge in [0, 0.05) is 0 Å². The maximum absolute atomic E-state index is 12.0. The van der Waals surface area contributed by atoms with Crippen LogP contribution in [0.15, 0.2) is 18.2 Å². The van der Waals surface area contributed by atoms with Crippen LogP contribution < -0.4 is 5.73 Å². The van der Waals surface area contributed by atoms with Gasteiger partial charge < -0.3 is 15.6 Å². The van der Waals surface area contributed by atoms with E-state index >= 15 is 0 Å². The number of esters is 1. The summed E-state index contributed by atoms with van der Waals surface area (Å²) in [6.07, 6.45) is 4.36. The summed E-state index contributed by atoms with van der Waals surface area (Å²) in [7, 11) is 0. The number of hydrogen-bond donors (Lipinski definition) is 2. The molecule has 18 heavy (non-hydrogen) atoms. The molecule has 2 atom stereocenters. The summed E-state index contributed by atoms with van der Waals surface area (Å²) in [4.78, 5) is 12.0. The molecule has 4 heteroatoms. The highest BCUT2D eigenvalue weighted by Gasteiger charge is 2.25. The van der Waals surface area contributed by atoms with Crippen LogP contribution >= 0.6 is 0 Å². The number of nitrogen functional groups attached to an aromatic ring is 1. The number of phenolic OH excluding ortho intramolecular Hbond substituents is 1. The average molecular weight is 249 g/mol. The third-order valence-corrected chi connectivity index (χ3v) is 3.55. The molecule has 1 aliphatic rings. The van der Waals surface area contributed by atoms with E-state index in [0.717, 1.165) is 19.3 Å². The van der Waals surface area contributed by atoms with Crippen molar-refractivity contribution in [1.82, 2.24) is 0 Å². The number of phenols is 1. The molecule has 0 spiro atoms. The number of hydrogen-bond acceptors (Lipinski definition) is 4. The van der Waals surface area contributed by atoms with E-state index in [9.17, 15) is 9.90 Å². The van der Waals surface area contributed by atoms with Crippen molar-refractivity contribution in [3.05, 3.63) is 23.8 Å². The SMILES string of the molecule is CC1CCCCC1OC(=O)c1ccc(O)c(N)c1. The minimum atomic E-state index is -0.361. The van der Waals surface area contributed by atoms with Gasteiger partial charge in [-0.2, -0.15) is 0 Å². The standard InChI is InChI=1S/C14H19NO3/c1-9-4-2-3-5-13(9)18-14(17)10-6-7-12(16)11(15)8-10/h6-9,13,16H,2-5,15H2,1H3. The van der Waals surface area contributed by atoms with E-state index in [1.807, 2.05) is 0 Å². The molecule has 0 aliphatic heterocycles. The second-order valence-electron chi connectivity index (χ2n) is 4.98. The summed E-state index contributed by atoms with van der Waals surface area (Å²) in [5.41, 5.74) is 6.15. The molecule has 1 aromatic rings. The second-order valence-corrected chi connectivity index (χ2v) is 4.98. The highest BCUT2D eigenvalue weighted by molar-refractivity contribution is 5.91. The van der Waals surface area contributed by atoms with E-state index in [1.54, 1.807) is 0 Å². The van der Waals surface area contributed by atoms with Crippen molar-refractivity contribution in [2.45, 2.75) is 38.7 Å². The van der Waals surface area contributed by atoms with Gasteiger partial charge in [0.1, 0.15) is 11.9 Å². The first-order chi connectivity index (χ1) is 8.58. The largest absolute Gasteiger partial charge is 0.506 e. The lowest BCUT2D eigenvalue weighted by atomic mass is 9.88. The zero-order valence-electron chi connectivity index (χ0n) is 10.6. The normalized spacial score (nSPS) is 23.6.